The minimum absolute atomic E-state index is 0.173. The average Bonchev–Trinajstić information content (AvgIpc) is 3.34. The van der Waals surface area contributed by atoms with E-state index >= 15 is 0 Å². The highest BCUT2D eigenvalue weighted by molar-refractivity contribution is 6.67. The van der Waals surface area contributed by atoms with Gasteiger partial charge in [-0.3, -0.25) is 9.59 Å². The van der Waals surface area contributed by atoms with Crippen molar-refractivity contribution in [3.05, 3.63) is 113 Å². The molecule has 4 nitrogen and oxygen atoms in total. The van der Waals surface area contributed by atoms with Crippen molar-refractivity contribution in [3.63, 3.8) is 0 Å². The molecule has 162 valence electrons. The summed E-state index contributed by atoms with van der Waals surface area (Å²) in [5.41, 5.74) is 2.34. The molecule has 0 radical (unpaired) electrons. The molecule has 2 aliphatic rings. The Morgan fingerprint density at radius 2 is 1.23 bits per heavy atom. The first kappa shape index (κ1) is 18.8. The lowest BCUT2D eigenvalue weighted by Crippen LogP contribution is -2.39. The van der Waals surface area contributed by atoms with Crippen LogP contribution in [0.1, 0.15) is 31.8 Å². The lowest BCUT2D eigenvalue weighted by atomic mass is 9.75. The molecule has 35 heavy (non-hydrogen) atoms. The molecular formula is C30H15BO4. The number of rotatable bonds is 1. The maximum atomic E-state index is 13.4. The molecule has 1 aliphatic heterocycles. The summed E-state index contributed by atoms with van der Waals surface area (Å²) in [5, 5.41) is 6.96. The van der Waals surface area contributed by atoms with Crippen LogP contribution in [0.2, 0.25) is 0 Å². The van der Waals surface area contributed by atoms with Crippen molar-refractivity contribution >= 4 is 56.5 Å². The smallest absolute Gasteiger partial charge is 0.519 e. The minimum atomic E-state index is -0.721. The Hall–Kier alpha value is -4.64. The van der Waals surface area contributed by atoms with Crippen molar-refractivity contribution in [1.82, 2.24) is 0 Å². The Bertz CT molecular complexity index is 1890. The highest BCUT2D eigenvalue weighted by Crippen LogP contribution is 2.43. The van der Waals surface area contributed by atoms with Crippen LogP contribution in [-0.4, -0.2) is 18.7 Å². The van der Waals surface area contributed by atoms with Crippen molar-refractivity contribution < 1.29 is 18.9 Å². The normalized spacial score (nSPS) is 14.2. The number of hydrogen-bond donors (Lipinski definition) is 0. The van der Waals surface area contributed by atoms with Crippen LogP contribution >= 0.6 is 0 Å². The van der Waals surface area contributed by atoms with E-state index in [0.29, 0.717) is 28.2 Å². The van der Waals surface area contributed by atoms with Gasteiger partial charge in [0, 0.05) is 22.2 Å². The summed E-state index contributed by atoms with van der Waals surface area (Å²) in [6, 6.07) is 29.2. The molecule has 5 heteroatoms. The van der Waals surface area contributed by atoms with Gasteiger partial charge in [-0.05, 0) is 44.5 Å². The molecule has 0 N–H and O–H groups in total. The predicted octanol–water partition coefficient (Wildman–Crippen LogP) is 5.53. The fourth-order valence-electron chi connectivity index (χ4n) is 5.68. The third kappa shape index (κ3) is 2.37. The largest absolute Gasteiger partial charge is 0.633 e. The van der Waals surface area contributed by atoms with Crippen LogP contribution in [0.15, 0.2) is 91.0 Å². The van der Waals surface area contributed by atoms with Crippen LogP contribution in [0, 0.1) is 0 Å². The zero-order valence-corrected chi connectivity index (χ0v) is 18.4. The van der Waals surface area contributed by atoms with E-state index in [1.807, 2.05) is 6.07 Å². The highest BCUT2D eigenvalue weighted by atomic mass is 16.6. The first-order valence-corrected chi connectivity index (χ1v) is 11.5. The van der Waals surface area contributed by atoms with Gasteiger partial charge < -0.3 is 9.31 Å². The van der Waals surface area contributed by atoms with Gasteiger partial charge in [0.2, 0.25) is 0 Å². The molecule has 0 spiro atoms. The van der Waals surface area contributed by atoms with Gasteiger partial charge in [-0.25, -0.2) is 0 Å². The van der Waals surface area contributed by atoms with Gasteiger partial charge in [-0.2, -0.15) is 0 Å². The Morgan fingerprint density at radius 1 is 0.543 bits per heavy atom. The molecule has 8 rings (SSSR count). The van der Waals surface area contributed by atoms with Gasteiger partial charge in [0.15, 0.2) is 17.3 Å². The summed E-state index contributed by atoms with van der Waals surface area (Å²) < 4.78 is 12.6. The topological polar surface area (TPSA) is 52.6 Å². The number of fused-ring (bicyclic) bond motifs is 4. The van der Waals surface area contributed by atoms with Crippen LogP contribution in [0.5, 0.6) is 11.5 Å². The fourth-order valence-corrected chi connectivity index (χ4v) is 5.68. The summed E-state index contributed by atoms with van der Waals surface area (Å²) in [7, 11) is -0.721. The maximum Gasteiger partial charge on any atom is 0.633 e. The average molecular weight is 450 g/mol. The number of carbonyl (C=O) groups is 2. The van der Waals surface area contributed by atoms with Crippen LogP contribution in [0.3, 0.4) is 0 Å². The Kier molecular flexibility index (Phi) is 3.47. The van der Waals surface area contributed by atoms with Crippen molar-refractivity contribution in [2.75, 3.05) is 0 Å². The van der Waals surface area contributed by atoms with Crippen molar-refractivity contribution in [1.29, 1.82) is 0 Å². The maximum absolute atomic E-state index is 13.4. The van der Waals surface area contributed by atoms with Gasteiger partial charge >= 0.3 is 7.12 Å². The van der Waals surface area contributed by atoms with E-state index in [4.69, 9.17) is 9.31 Å². The fraction of sp³-hybridized carbons (Fsp3) is 0. The van der Waals surface area contributed by atoms with Crippen molar-refractivity contribution in [3.8, 4) is 11.5 Å². The van der Waals surface area contributed by atoms with E-state index in [0.717, 1.165) is 16.2 Å². The molecular weight excluding hydrogens is 435 g/mol. The zero-order chi connectivity index (χ0) is 23.3. The SMILES string of the molecule is O=C1c2ccccc2C(=O)c2c1ccc1c2OB(c2ccc3ccc4cccc5ccc2c3c45)O1. The summed E-state index contributed by atoms with van der Waals surface area (Å²) in [4.78, 5) is 26.5. The molecule has 0 atom stereocenters. The van der Waals surface area contributed by atoms with Gasteiger partial charge in [0.25, 0.3) is 0 Å². The van der Waals surface area contributed by atoms with Crippen LogP contribution in [0.25, 0.3) is 32.3 Å². The first-order chi connectivity index (χ1) is 17.2. The second kappa shape index (κ2) is 6.48. The second-order valence-electron chi connectivity index (χ2n) is 9.10. The molecule has 6 aromatic rings. The number of carbonyl (C=O) groups excluding carboxylic acids is 2. The summed E-state index contributed by atoms with van der Waals surface area (Å²) in [6.07, 6.45) is 0. The number of hydrogen-bond acceptors (Lipinski definition) is 4. The van der Waals surface area contributed by atoms with Crippen molar-refractivity contribution in [2.45, 2.75) is 0 Å². The summed E-state index contributed by atoms with van der Waals surface area (Å²) >= 11 is 0. The zero-order valence-electron chi connectivity index (χ0n) is 18.4. The lowest BCUT2D eigenvalue weighted by Gasteiger charge is -2.19. The monoisotopic (exact) mass is 450 g/mol. The molecule has 0 fully saturated rings. The third-order valence-electron chi connectivity index (χ3n) is 7.28. The number of benzene rings is 6. The Labute approximate surface area is 200 Å². The lowest BCUT2D eigenvalue weighted by molar-refractivity contribution is 0.0977. The highest BCUT2D eigenvalue weighted by Gasteiger charge is 2.42. The van der Waals surface area contributed by atoms with E-state index in [1.54, 1.807) is 36.4 Å². The third-order valence-corrected chi connectivity index (χ3v) is 7.28. The van der Waals surface area contributed by atoms with E-state index in [2.05, 4.69) is 48.5 Å². The molecule has 6 aromatic carbocycles. The van der Waals surface area contributed by atoms with Crippen LogP contribution in [0.4, 0.5) is 0 Å². The van der Waals surface area contributed by atoms with E-state index < -0.39 is 7.12 Å². The molecule has 1 aliphatic carbocycles. The van der Waals surface area contributed by atoms with Gasteiger partial charge in [0.05, 0.1) is 5.56 Å². The molecule has 1 heterocycles. The van der Waals surface area contributed by atoms with Gasteiger partial charge in [0.1, 0.15) is 5.75 Å². The molecule has 0 aromatic heterocycles. The second-order valence-corrected chi connectivity index (χ2v) is 9.10. The van der Waals surface area contributed by atoms with E-state index in [9.17, 15) is 9.59 Å². The molecule has 0 saturated heterocycles. The quantitative estimate of drug-likeness (QED) is 0.244. The minimum Gasteiger partial charge on any atom is -0.519 e. The Morgan fingerprint density at radius 3 is 2.03 bits per heavy atom. The van der Waals surface area contributed by atoms with Crippen LogP contribution < -0.4 is 14.8 Å². The molecule has 0 saturated carbocycles. The summed E-state index contributed by atoms with van der Waals surface area (Å²) in [6.45, 7) is 0. The molecule has 0 amide bonds. The van der Waals surface area contributed by atoms with Crippen LogP contribution in [-0.2, 0) is 0 Å². The molecule has 0 bridgehead atoms. The predicted molar refractivity (Wildman–Crippen MR) is 137 cm³/mol. The van der Waals surface area contributed by atoms with Crippen molar-refractivity contribution in [2.24, 2.45) is 0 Å². The first-order valence-electron chi connectivity index (χ1n) is 11.5. The van der Waals surface area contributed by atoms with E-state index in [1.165, 1.54) is 21.5 Å². The Balaban J connectivity index is 1.30. The molecule has 0 unspecified atom stereocenters. The standard InChI is InChI=1S/C30H15BO4/c32-28-19-6-1-2-7-20(19)29(33)27-22(28)13-15-24-30(27)35-31(34-24)23-14-11-18-9-8-16-4-3-5-17-10-12-21(23)26(18)25(16)17/h1-15H. The number of ketones is 2. The summed E-state index contributed by atoms with van der Waals surface area (Å²) in [5.74, 6) is 0.422. The van der Waals surface area contributed by atoms with Gasteiger partial charge in [-0.15, -0.1) is 0 Å². The van der Waals surface area contributed by atoms with Gasteiger partial charge in [-0.1, -0.05) is 78.9 Å². The van der Waals surface area contributed by atoms with E-state index in [-0.39, 0.29) is 17.1 Å².